The Morgan fingerprint density at radius 3 is 1.56 bits per heavy atom. The maximum Gasteiger partial charge on any atom is 0.135 e. The maximum atomic E-state index is 6.85. The van der Waals surface area contributed by atoms with Crippen LogP contribution in [0.3, 0.4) is 0 Å². The fourth-order valence-electron chi connectivity index (χ4n) is 7.92. The van der Waals surface area contributed by atoms with Crippen LogP contribution in [0.15, 0.2) is 176 Å². The molecule has 0 spiro atoms. The number of hydrogen-bond donors (Lipinski definition) is 0. The van der Waals surface area contributed by atoms with Gasteiger partial charge in [-0.1, -0.05) is 103 Å². The Kier molecular flexibility index (Phi) is 6.63. The lowest BCUT2D eigenvalue weighted by atomic mass is 9.94. The summed E-state index contributed by atoms with van der Waals surface area (Å²) in [4.78, 5) is 2.42. The van der Waals surface area contributed by atoms with Crippen LogP contribution in [0.5, 0.6) is 11.5 Å². The van der Waals surface area contributed by atoms with Gasteiger partial charge in [0.05, 0.1) is 5.69 Å². The third kappa shape index (κ3) is 4.62. The van der Waals surface area contributed by atoms with Crippen LogP contribution in [0.4, 0.5) is 17.1 Å². The van der Waals surface area contributed by atoms with Gasteiger partial charge in [0, 0.05) is 62.5 Å². The summed E-state index contributed by atoms with van der Waals surface area (Å²) in [7, 11) is 0. The highest BCUT2D eigenvalue weighted by Crippen LogP contribution is 2.47. The van der Waals surface area contributed by atoms with Crippen LogP contribution in [0.2, 0.25) is 0 Å². The van der Waals surface area contributed by atoms with Crippen molar-refractivity contribution in [2.45, 2.75) is 0 Å². The molecule has 0 N–H and O–H groups in total. The predicted molar refractivity (Wildman–Crippen MR) is 226 cm³/mol. The SMILES string of the molecule is c1ccc(N(c2ccc3sc4ccccc4c3c2)c2cc3c4ccccc4c(Oc4ccc5sc6ccccc6c5c4)cc3c3ccccc23)cc1. The molecule has 0 aliphatic rings. The molecule has 0 saturated heterocycles. The first kappa shape index (κ1) is 29.5. The molecule has 0 fully saturated rings. The first-order chi connectivity index (χ1) is 25.8. The fourth-order valence-corrected chi connectivity index (χ4v) is 10.1. The average molecular weight is 700 g/mol. The minimum Gasteiger partial charge on any atom is -0.457 e. The van der Waals surface area contributed by atoms with E-state index in [1.807, 2.05) is 22.7 Å². The van der Waals surface area contributed by atoms with Crippen LogP contribution in [0, 0.1) is 0 Å². The zero-order valence-electron chi connectivity index (χ0n) is 27.9. The van der Waals surface area contributed by atoms with Crippen molar-refractivity contribution in [1.29, 1.82) is 0 Å². The lowest BCUT2D eigenvalue weighted by molar-refractivity contribution is 0.490. The van der Waals surface area contributed by atoms with Gasteiger partial charge < -0.3 is 9.64 Å². The summed E-state index contributed by atoms with van der Waals surface area (Å²) in [6.07, 6.45) is 0. The van der Waals surface area contributed by atoms with Crippen LogP contribution in [0.25, 0.3) is 72.7 Å². The zero-order valence-corrected chi connectivity index (χ0v) is 29.5. The zero-order chi connectivity index (χ0) is 34.2. The third-order valence-electron chi connectivity index (χ3n) is 10.3. The fraction of sp³-hybridized carbons (Fsp3) is 0. The van der Waals surface area contributed by atoms with Crippen LogP contribution >= 0.6 is 22.7 Å². The lowest BCUT2D eigenvalue weighted by Crippen LogP contribution is -2.10. The van der Waals surface area contributed by atoms with Gasteiger partial charge in [-0.15, -0.1) is 22.7 Å². The molecule has 0 aliphatic heterocycles. The van der Waals surface area contributed by atoms with Gasteiger partial charge in [0.2, 0.25) is 0 Å². The van der Waals surface area contributed by atoms with Gasteiger partial charge >= 0.3 is 0 Å². The molecular formula is C48H29NOS2. The van der Waals surface area contributed by atoms with E-state index < -0.39 is 0 Å². The molecule has 0 atom stereocenters. The Hall–Kier alpha value is -6.20. The summed E-state index contributed by atoms with van der Waals surface area (Å²) in [5.41, 5.74) is 3.39. The van der Waals surface area contributed by atoms with E-state index >= 15 is 0 Å². The number of hydrogen-bond acceptors (Lipinski definition) is 4. The Labute approximate surface area is 308 Å². The molecule has 244 valence electrons. The second kappa shape index (κ2) is 11.7. The topological polar surface area (TPSA) is 12.5 Å². The van der Waals surface area contributed by atoms with Crippen molar-refractivity contribution in [1.82, 2.24) is 0 Å². The number of anilines is 3. The van der Waals surface area contributed by atoms with E-state index in [1.54, 1.807) is 0 Å². The number of fused-ring (bicyclic) bond motifs is 11. The minimum absolute atomic E-state index is 0.841. The van der Waals surface area contributed by atoms with Crippen molar-refractivity contribution < 1.29 is 4.74 Å². The van der Waals surface area contributed by atoms with Crippen molar-refractivity contribution >= 4 is 112 Å². The Morgan fingerprint density at radius 1 is 0.327 bits per heavy atom. The Morgan fingerprint density at radius 2 is 0.846 bits per heavy atom. The van der Waals surface area contributed by atoms with Crippen LogP contribution in [-0.4, -0.2) is 0 Å². The van der Waals surface area contributed by atoms with Crippen molar-refractivity contribution in [3.63, 3.8) is 0 Å². The lowest BCUT2D eigenvalue weighted by Gasteiger charge is -2.28. The van der Waals surface area contributed by atoms with Gasteiger partial charge in [0.1, 0.15) is 11.5 Å². The molecular weight excluding hydrogens is 671 g/mol. The number of para-hydroxylation sites is 1. The molecule has 0 bridgehead atoms. The van der Waals surface area contributed by atoms with Crippen molar-refractivity contribution in [3.05, 3.63) is 176 Å². The minimum atomic E-state index is 0.841. The third-order valence-corrected chi connectivity index (χ3v) is 12.6. The molecule has 9 aromatic carbocycles. The van der Waals surface area contributed by atoms with Gasteiger partial charge in [0.15, 0.2) is 0 Å². The molecule has 52 heavy (non-hydrogen) atoms. The number of nitrogens with zero attached hydrogens (tertiary/aromatic N) is 1. The number of rotatable bonds is 5. The smallest absolute Gasteiger partial charge is 0.135 e. The molecule has 0 amide bonds. The predicted octanol–water partition coefficient (Wildman–Crippen LogP) is 15.1. The van der Waals surface area contributed by atoms with Crippen LogP contribution in [0.1, 0.15) is 0 Å². The van der Waals surface area contributed by atoms with E-state index in [0.717, 1.165) is 39.3 Å². The largest absolute Gasteiger partial charge is 0.457 e. The van der Waals surface area contributed by atoms with E-state index in [2.05, 4.69) is 181 Å². The first-order valence-electron chi connectivity index (χ1n) is 17.5. The van der Waals surface area contributed by atoms with Crippen molar-refractivity contribution in [2.75, 3.05) is 4.90 Å². The monoisotopic (exact) mass is 699 g/mol. The molecule has 0 saturated carbocycles. The maximum absolute atomic E-state index is 6.85. The highest BCUT2D eigenvalue weighted by atomic mass is 32.1. The van der Waals surface area contributed by atoms with Gasteiger partial charge in [-0.3, -0.25) is 0 Å². The van der Waals surface area contributed by atoms with Gasteiger partial charge in [0.25, 0.3) is 0 Å². The molecule has 0 aliphatic carbocycles. The molecule has 0 unspecified atom stereocenters. The van der Waals surface area contributed by atoms with Crippen LogP contribution < -0.4 is 9.64 Å². The highest BCUT2D eigenvalue weighted by Gasteiger charge is 2.20. The standard InChI is InChI=1S/C48H29NOS2/c1-2-12-30(13-3-1)49(31-22-24-47-41(26-31)37-18-8-10-20-45(37)51-47)43-28-39-34-15-5-7-17-36(34)44(29-40(39)33-14-4-6-16-35(33)43)50-32-23-25-48-42(27-32)38-19-9-11-21-46(38)52-48/h1-29H. The molecule has 4 heteroatoms. The second-order valence-corrected chi connectivity index (χ2v) is 15.4. The summed E-state index contributed by atoms with van der Waals surface area (Å²) < 4.78 is 12.0. The second-order valence-electron chi connectivity index (χ2n) is 13.3. The van der Waals surface area contributed by atoms with Gasteiger partial charge in [-0.2, -0.15) is 0 Å². The Balaban J connectivity index is 1.14. The van der Waals surface area contributed by atoms with Crippen molar-refractivity contribution in [3.8, 4) is 11.5 Å². The molecule has 2 aromatic heterocycles. The average Bonchev–Trinajstić information content (AvgIpc) is 3.77. The highest BCUT2D eigenvalue weighted by molar-refractivity contribution is 7.26. The summed E-state index contributed by atoms with van der Waals surface area (Å²) in [6, 6.07) is 63.6. The van der Waals surface area contributed by atoms with Gasteiger partial charge in [-0.05, 0) is 94.3 Å². The van der Waals surface area contributed by atoms with Crippen molar-refractivity contribution in [2.24, 2.45) is 0 Å². The van der Waals surface area contributed by atoms with E-state index in [1.165, 1.54) is 61.9 Å². The number of benzene rings is 9. The van der Waals surface area contributed by atoms with E-state index in [4.69, 9.17) is 4.74 Å². The summed E-state index contributed by atoms with van der Waals surface area (Å²) in [5, 5.41) is 12.1. The van der Waals surface area contributed by atoms with Gasteiger partial charge in [-0.25, -0.2) is 0 Å². The number of ether oxygens (including phenoxy) is 1. The molecule has 2 nitrogen and oxygen atoms in total. The Bertz CT molecular complexity index is 3180. The van der Waals surface area contributed by atoms with E-state index in [0.29, 0.717) is 0 Å². The summed E-state index contributed by atoms with van der Waals surface area (Å²) in [5.74, 6) is 1.70. The molecule has 0 radical (unpaired) electrons. The molecule has 11 aromatic rings. The summed E-state index contributed by atoms with van der Waals surface area (Å²) in [6.45, 7) is 0. The molecule has 11 rings (SSSR count). The normalized spacial score (nSPS) is 11.8. The van der Waals surface area contributed by atoms with E-state index in [-0.39, 0.29) is 0 Å². The van der Waals surface area contributed by atoms with E-state index in [9.17, 15) is 0 Å². The number of thiophene rings is 2. The molecule has 2 heterocycles. The quantitative estimate of drug-likeness (QED) is 0.166. The first-order valence-corrected chi connectivity index (χ1v) is 19.1. The van der Waals surface area contributed by atoms with Crippen LogP contribution in [-0.2, 0) is 0 Å². The summed E-state index contributed by atoms with van der Waals surface area (Å²) >= 11 is 3.68.